The van der Waals surface area contributed by atoms with Gasteiger partial charge in [-0.3, -0.25) is 9.36 Å². The number of carbonyl (C=O) groups excluding carboxylic acids is 1. The Morgan fingerprint density at radius 1 is 1.00 bits per heavy atom. The van der Waals surface area contributed by atoms with Crippen LogP contribution in [0.3, 0.4) is 0 Å². The minimum atomic E-state index is -0.284. The van der Waals surface area contributed by atoms with Crippen LogP contribution in [0.4, 0.5) is 5.69 Å². The minimum Gasteiger partial charge on any atom is -0.493 e. The molecule has 0 unspecified atom stereocenters. The van der Waals surface area contributed by atoms with E-state index in [1.165, 1.54) is 0 Å². The van der Waals surface area contributed by atoms with E-state index in [0.29, 0.717) is 17.2 Å². The first-order valence-corrected chi connectivity index (χ1v) is 8.69. The van der Waals surface area contributed by atoms with Crippen LogP contribution < -0.4 is 14.8 Å². The highest BCUT2D eigenvalue weighted by Crippen LogP contribution is 2.25. The predicted octanol–water partition coefficient (Wildman–Crippen LogP) is 3.45. The molecule has 28 heavy (non-hydrogen) atoms. The molecule has 4 rings (SSSR count). The summed E-state index contributed by atoms with van der Waals surface area (Å²) in [5, 5.41) is 2.77. The molecular weight excluding hydrogens is 356 g/mol. The van der Waals surface area contributed by atoms with Crippen LogP contribution in [0.5, 0.6) is 11.5 Å². The minimum absolute atomic E-state index is 0.131. The number of anilines is 1. The summed E-state index contributed by atoms with van der Waals surface area (Å²) in [5.74, 6) is 1.53. The van der Waals surface area contributed by atoms with Gasteiger partial charge in [0.05, 0.1) is 30.0 Å². The summed E-state index contributed by atoms with van der Waals surface area (Å²) in [6.07, 6.45) is 3.33. The van der Waals surface area contributed by atoms with Crippen molar-refractivity contribution in [2.24, 2.45) is 0 Å². The molecule has 0 spiro atoms. The van der Waals surface area contributed by atoms with Gasteiger partial charge < -0.3 is 14.8 Å². The number of rotatable bonds is 6. The lowest BCUT2D eigenvalue weighted by Gasteiger charge is -2.10. The van der Waals surface area contributed by atoms with Crippen LogP contribution in [-0.4, -0.2) is 34.2 Å². The molecule has 0 saturated carbocycles. The van der Waals surface area contributed by atoms with Gasteiger partial charge in [-0.1, -0.05) is 24.3 Å². The number of amides is 1. The maximum absolute atomic E-state index is 12.2. The van der Waals surface area contributed by atoms with Gasteiger partial charge in [-0.15, -0.1) is 0 Å². The lowest BCUT2D eigenvalue weighted by molar-refractivity contribution is -0.118. The van der Waals surface area contributed by atoms with Crippen LogP contribution in [0.2, 0.25) is 0 Å². The zero-order valence-electron chi connectivity index (χ0n) is 15.2. The van der Waals surface area contributed by atoms with E-state index < -0.39 is 0 Å². The molecule has 0 aliphatic heterocycles. The maximum atomic E-state index is 12.2. The molecule has 1 amide bonds. The Kier molecular flexibility index (Phi) is 4.88. The number of para-hydroxylation sites is 4. The number of nitrogens with one attached hydrogen (secondary N) is 1. The van der Waals surface area contributed by atoms with Crippen LogP contribution in [0.15, 0.2) is 73.2 Å². The van der Waals surface area contributed by atoms with Crippen LogP contribution in [0.1, 0.15) is 0 Å². The third kappa shape index (κ3) is 3.64. The zero-order chi connectivity index (χ0) is 19.3. The number of methoxy groups -OCH3 is 1. The molecule has 0 aliphatic carbocycles. The number of ether oxygens (including phenoxy) is 2. The van der Waals surface area contributed by atoms with E-state index in [9.17, 15) is 4.79 Å². The van der Waals surface area contributed by atoms with Crippen molar-refractivity contribution in [2.75, 3.05) is 19.0 Å². The average molecular weight is 374 g/mol. The van der Waals surface area contributed by atoms with Crippen LogP contribution >= 0.6 is 0 Å². The number of benzene rings is 2. The lowest BCUT2D eigenvalue weighted by Crippen LogP contribution is -2.20. The van der Waals surface area contributed by atoms with Gasteiger partial charge in [0.15, 0.2) is 18.1 Å². The van der Waals surface area contributed by atoms with Crippen LogP contribution in [-0.2, 0) is 4.79 Å². The molecule has 0 radical (unpaired) electrons. The Hall–Kier alpha value is -3.87. The number of pyridine rings is 1. The summed E-state index contributed by atoms with van der Waals surface area (Å²) >= 11 is 0. The molecule has 2 aromatic heterocycles. The second-order valence-electron chi connectivity index (χ2n) is 6.00. The molecule has 0 aliphatic rings. The van der Waals surface area contributed by atoms with Crippen molar-refractivity contribution in [3.8, 4) is 17.3 Å². The summed E-state index contributed by atoms with van der Waals surface area (Å²) in [4.78, 5) is 20.9. The van der Waals surface area contributed by atoms with Crippen LogP contribution in [0.25, 0.3) is 16.9 Å². The largest absolute Gasteiger partial charge is 0.493 e. The molecule has 7 heteroatoms. The molecule has 7 nitrogen and oxygen atoms in total. The van der Waals surface area contributed by atoms with Crippen molar-refractivity contribution in [1.29, 1.82) is 0 Å². The molecule has 2 heterocycles. The SMILES string of the molecule is COc1ccccc1OCC(=O)Nc1ccc(-n2cnc3ccccc32)nc1. The van der Waals surface area contributed by atoms with Crippen molar-refractivity contribution >= 4 is 22.6 Å². The number of aromatic nitrogens is 3. The fourth-order valence-electron chi connectivity index (χ4n) is 2.82. The van der Waals surface area contributed by atoms with Gasteiger partial charge in [0, 0.05) is 0 Å². The van der Waals surface area contributed by atoms with E-state index in [2.05, 4.69) is 15.3 Å². The van der Waals surface area contributed by atoms with Gasteiger partial charge in [0.2, 0.25) is 0 Å². The standard InChI is InChI=1S/C21H18N4O3/c1-27-18-8-4-5-9-19(18)28-13-21(26)24-15-10-11-20(22-12-15)25-14-23-16-6-2-3-7-17(16)25/h2-12,14H,13H2,1H3,(H,24,26). The van der Waals surface area contributed by atoms with Crippen molar-refractivity contribution in [2.45, 2.75) is 0 Å². The van der Waals surface area contributed by atoms with E-state index in [0.717, 1.165) is 16.9 Å². The molecule has 140 valence electrons. The number of nitrogens with zero attached hydrogens (tertiary/aromatic N) is 3. The maximum Gasteiger partial charge on any atom is 0.262 e. The van der Waals surface area contributed by atoms with E-state index in [-0.39, 0.29) is 12.5 Å². The average Bonchev–Trinajstić information content (AvgIpc) is 3.17. The first-order valence-electron chi connectivity index (χ1n) is 8.69. The normalized spacial score (nSPS) is 10.6. The Bertz CT molecular complexity index is 1110. The van der Waals surface area contributed by atoms with Crippen molar-refractivity contribution in [1.82, 2.24) is 14.5 Å². The van der Waals surface area contributed by atoms with Crippen molar-refractivity contribution in [3.05, 3.63) is 73.2 Å². The Balaban J connectivity index is 1.41. The molecule has 0 bridgehead atoms. The molecule has 4 aromatic rings. The summed E-state index contributed by atoms with van der Waals surface area (Å²) in [6, 6.07) is 18.6. The lowest BCUT2D eigenvalue weighted by atomic mass is 10.3. The number of hydrogen-bond donors (Lipinski definition) is 1. The fourth-order valence-corrected chi connectivity index (χ4v) is 2.82. The van der Waals surface area contributed by atoms with Crippen LogP contribution in [0, 0.1) is 0 Å². The second kappa shape index (κ2) is 7.79. The third-order valence-electron chi connectivity index (χ3n) is 4.16. The highest BCUT2D eigenvalue weighted by atomic mass is 16.5. The summed E-state index contributed by atoms with van der Waals surface area (Å²) in [7, 11) is 1.55. The smallest absolute Gasteiger partial charge is 0.262 e. The number of carbonyl (C=O) groups is 1. The fraction of sp³-hybridized carbons (Fsp3) is 0.0952. The Morgan fingerprint density at radius 2 is 1.79 bits per heavy atom. The van der Waals surface area contributed by atoms with E-state index in [4.69, 9.17) is 9.47 Å². The van der Waals surface area contributed by atoms with Gasteiger partial charge in [0.1, 0.15) is 12.1 Å². The van der Waals surface area contributed by atoms with E-state index in [1.807, 2.05) is 47.0 Å². The first kappa shape index (κ1) is 17.5. The number of fused-ring (bicyclic) bond motifs is 1. The summed E-state index contributed by atoms with van der Waals surface area (Å²) < 4.78 is 12.6. The highest BCUT2D eigenvalue weighted by molar-refractivity contribution is 5.91. The zero-order valence-corrected chi connectivity index (χ0v) is 15.2. The Labute approximate surface area is 161 Å². The van der Waals surface area contributed by atoms with Gasteiger partial charge in [-0.25, -0.2) is 9.97 Å². The molecule has 1 N–H and O–H groups in total. The highest BCUT2D eigenvalue weighted by Gasteiger charge is 2.09. The van der Waals surface area contributed by atoms with E-state index in [1.54, 1.807) is 37.8 Å². The predicted molar refractivity (Wildman–Crippen MR) is 106 cm³/mol. The summed E-state index contributed by atoms with van der Waals surface area (Å²) in [5.41, 5.74) is 2.45. The quantitative estimate of drug-likeness (QED) is 0.559. The molecule has 0 saturated heterocycles. The number of imidazole rings is 1. The van der Waals surface area contributed by atoms with Gasteiger partial charge in [0.25, 0.3) is 5.91 Å². The topological polar surface area (TPSA) is 78.3 Å². The van der Waals surface area contributed by atoms with Crippen molar-refractivity contribution in [3.63, 3.8) is 0 Å². The van der Waals surface area contributed by atoms with Gasteiger partial charge >= 0.3 is 0 Å². The molecule has 2 aromatic carbocycles. The third-order valence-corrected chi connectivity index (χ3v) is 4.16. The first-order chi connectivity index (χ1) is 13.7. The second-order valence-corrected chi connectivity index (χ2v) is 6.00. The molecule has 0 atom stereocenters. The monoisotopic (exact) mass is 374 g/mol. The summed E-state index contributed by atoms with van der Waals surface area (Å²) in [6.45, 7) is -0.131. The van der Waals surface area contributed by atoms with Crippen molar-refractivity contribution < 1.29 is 14.3 Å². The van der Waals surface area contributed by atoms with E-state index >= 15 is 0 Å². The molecule has 0 fully saturated rings. The Morgan fingerprint density at radius 3 is 2.57 bits per heavy atom. The molecular formula is C21H18N4O3. The van der Waals surface area contributed by atoms with Gasteiger partial charge in [-0.2, -0.15) is 0 Å². The number of hydrogen-bond acceptors (Lipinski definition) is 5. The van der Waals surface area contributed by atoms with Gasteiger partial charge in [-0.05, 0) is 36.4 Å².